The first-order valence-electron chi connectivity index (χ1n) is 7.17. The highest BCUT2D eigenvalue weighted by atomic mass is 32.1. The Morgan fingerprint density at radius 1 is 1.21 bits per heavy atom. The highest BCUT2D eigenvalue weighted by Gasteiger charge is 2.36. The lowest BCUT2D eigenvalue weighted by Gasteiger charge is -2.21. The van der Waals surface area contributed by atoms with Crippen molar-refractivity contribution in [1.29, 1.82) is 0 Å². The molecule has 1 saturated heterocycles. The number of nitrogens with one attached hydrogen (secondary N) is 1. The molecule has 0 saturated carbocycles. The molecule has 2 amide bonds. The maximum Gasteiger partial charge on any atom is 0.445 e. The summed E-state index contributed by atoms with van der Waals surface area (Å²) in [6, 6.07) is -0.383. The van der Waals surface area contributed by atoms with Crippen molar-refractivity contribution in [3.05, 3.63) is 5.01 Å². The summed E-state index contributed by atoms with van der Waals surface area (Å²) in [6.45, 7) is 1.56. The number of alkyl halides is 3. The molecule has 8 nitrogen and oxygen atoms in total. The van der Waals surface area contributed by atoms with Crippen LogP contribution in [-0.2, 0) is 11.0 Å². The number of anilines is 1. The fourth-order valence-electron chi connectivity index (χ4n) is 2.16. The summed E-state index contributed by atoms with van der Waals surface area (Å²) >= 11 is 0.477. The quantitative estimate of drug-likeness (QED) is 0.831. The molecule has 2 N–H and O–H groups in total. The summed E-state index contributed by atoms with van der Waals surface area (Å²) in [5.74, 6) is -1.01. The van der Waals surface area contributed by atoms with Gasteiger partial charge in [-0.25, -0.2) is 4.79 Å². The Hall–Kier alpha value is -2.11. The number of rotatable bonds is 4. The zero-order chi connectivity index (χ0) is 17.7. The second-order valence-corrected chi connectivity index (χ2v) is 6.05. The van der Waals surface area contributed by atoms with Crippen molar-refractivity contribution in [2.45, 2.75) is 19.0 Å². The van der Waals surface area contributed by atoms with Crippen molar-refractivity contribution in [3.8, 4) is 0 Å². The van der Waals surface area contributed by atoms with E-state index in [2.05, 4.69) is 15.5 Å². The normalized spacial score (nSPS) is 16.0. The van der Waals surface area contributed by atoms with Gasteiger partial charge in [0.2, 0.25) is 10.1 Å². The predicted octanol–water partition coefficient (Wildman–Crippen LogP) is 1.25. The number of hydrogen-bond acceptors (Lipinski definition) is 6. The number of aromatic nitrogens is 2. The molecule has 1 aromatic rings. The average Bonchev–Trinajstić information content (AvgIpc) is 2.86. The molecule has 2 heterocycles. The van der Waals surface area contributed by atoms with Crippen LogP contribution in [-0.4, -0.2) is 64.9 Å². The van der Waals surface area contributed by atoms with Gasteiger partial charge in [0.1, 0.15) is 0 Å². The minimum absolute atomic E-state index is 0.0275. The van der Waals surface area contributed by atoms with Crippen LogP contribution in [0.15, 0.2) is 0 Å². The van der Waals surface area contributed by atoms with E-state index in [1.54, 1.807) is 4.90 Å². The summed E-state index contributed by atoms with van der Waals surface area (Å²) in [5.41, 5.74) is 0. The van der Waals surface area contributed by atoms with Gasteiger partial charge in [-0.3, -0.25) is 4.79 Å². The predicted molar refractivity (Wildman–Crippen MR) is 79.0 cm³/mol. The van der Waals surface area contributed by atoms with E-state index in [1.807, 2.05) is 0 Å². The van der Waals surface area contributed by atoms with Gasteiger partial charge in [-0.15, -0.1) is 10.2 Å². The van der Waals surface area contributed by atoms with Gasteiger partial charge in [0.05, 0.1) is 6.42 Å². The highest BCUT2D eigenvalue weighted by Crippen LogP contribution is 2.34. The Kier molecular flexibility index (Phi) is 5.80. The molecule has 0 spiro atoms. The lowest BCUT2D eigenvalue weighted by Crippen LogP contribution is -2.42. The first kappa shape index (κ1) is 18.2. The van der Waals surface area contributed by atoms with Gasteiger partial charge >= 0.3 is 18.2 Å². The summed E-state index contributed by atoms with van der Waals surface area (Å²) in [6.07, 6.45) is -4.12. The monoisotopic (exact) mass is 367 g/mol. The highest BCUT2D eigenvalue weighted by molar-refractivity contribution is 7.15. The molecule has 0 aromatic carbocycles. The average molecular weight is 367 g/mol. The van der Waals surface area contributed by atoms with Gasteiger partial charge in [0.25, 0.3) is 0 Å². The number of halogens is 3. The molecule has 0 radical (unpaired) electrons. The van der Waals surface area contributed by atoms with Gasteiger partial charge in [-0.05, 0) is 6.42 Å². The molecule has 1 aromatic heterocycles. The van der Waals surface area contributed by atoms with Gasteiger partial charge in [-0.2, -0.15) is 13.2 Å². The minimum Gasteiger partial charge on any atom is -0.481 e. The Morgan fingerprint density at radius 2 is 1.96 bits per heavy atom. The molecule has 1 fully saturated rings. The molecule has 0 unspecified atom stereocenters. The number of amides is 2. The molecule has 134 valence electrons. The van der Waals surface area contributed by atoms with Crippen LogP contribution in [0.4, 0.5) is 23.1 Å². The fraction of sp³-hybridized carbons (Fsp3) is 0.667. The van der Waals surface area contributed by atoms with E-state index in [4.69, 9.17) is 5.11 Å². The van der Waals surface area contributed by atoms with Crippen molar-refractivity contribution in [2.24, 2.45) is 0 Å². The molecule has 1 aliphatic rings. The van der Waals surface area contributed by atoms with Crippen molar-refractivity contribution in [1.82, 2.24) is 20.4 Å². The largest absolute Gasteiger partial charge is 0.481 e. The Bertz CT molecular complexity index is 595. The Labute approximate surface area is 139 Å². The van der Waals surface area contributed by atoms with Gasteiger partial charge < -0.3 is 20.2 Å². The van der Waals surface area contributed by atoms with Crippen LogP contribution < -0.4 is 10.2 Å². The third-order valence-electron chi connectivity index (χ3n) is 3.33. The van der Waals surface area contributed by atoms with E-state index in [1.165, 1.54) is 4.90 Å². The van der Waals surface area contributed by atoms with Crippen LogP contribution in [0.5, 0.6) is 0 Å². The van der Waals surface area contributed by atoms with Gasteiger partial charge in [0, 0.05) is 32.7 Å². The van der Waals surface area contributed by atoms with Crippen molar-refractivity contribution in [3.63, 3.8) is 0 Å². The zero-order valence-corrected chi connectivity index (χ0v) is 13.4. The SMILES string of the molecule is O=C(O)CCNC(=O)N1CCCN(c2nnc(C(F)(F)F)s2)CC1. The molecule has 0 atom stereocenters. The Morgan fingerprint density at radius 3 is 2.58 bits per heavy atom. The summed E-state index contributed by atoms with van der Waals surface area (Å²) < 4.78 is 37.7. The molecule has 24 heavy (non-hydrogen) atoms. The van der Waals surface area contributed by atoms with Crippen molar-refractivity contribution in [2.75, 3.05) is 37.6 Å². The standard InChI is InChI=1S/C12H16F3N5O3S/c13-12(14,15)9-17-18-11(24-9)20-5-1-4-19(6-7-20)10(23)16-3-2-8(21)22/h1-7H2,(H,16,23)(H,21,22). The second-order valence-electron chi connectivity index (χ2n) is 5.09. The molecule has 2 rings (SSSR count). The zero-order valence-electron chi connectivity index (χ0n) is 12.5. The van der Waals surface area contributed by atoms with Crippen LogP contribution >= 0.6 is 11.3 Å². The molecular formula is C12H16F3N5O3S. The van der Waals surface area contributed by atoms with E-state index >= 15 is 0 Å². The number of hydrogen-bond donors (Lipinski definition) is 2. The first-order chi connectivity index (χ1) is 11.3. The molecule has 12 heteroatoms. The van der Waals surface area contributed by atoms with E-state index < -0.39 is 17.2 Å². The molecule has 0 bridgehead atoms. The summed E-state index contributed by atoms with van der Waals surface area (Å²) in [7, 11) is 0. The number of nitrogens with zero attached hydrogens (tertiary/aromatic N) is 4. The number of carboxylic acid groups (broad SMARTS) is 1. The van der Waals surface area contributed by atoms with Gasteiger partial charge in [-0.1, -0.05) is 11.3 Å². The Balaban J connectivity index is 1.89. The molecule has 1 aliphatic heterocycles. The summed E-state index contributed by atoms with van der Waals surface area (Å²) in [5, 5.41) is 17.0. The lowest BCUT2D eigenvalue weighted by molar-refractivity contribution is -0.138. The van der Waals surface area contributed by atoms with Crippen LogP contribution in [0, 0.1) is 0 Å². The number of aliphatic carboxylic acids is 1. The number of carbonyl (C=O) groups excluding carboxylic acids is 1. The number of urea groups is 1. The van der Waals surface area contributed by atoms with Crippen LogP contribution in [0.3, 0.4) is 0 Å². The third kappa shape index (κ3) is 4.94. The maximum atomic E-state index is 12.6. The minimum atomic E-state index is -4.52. The van der Waals surface area contributed by atoms with E-state index in [0.29, 0.717) is 43.9 Å². The van der Waals surface area contributed by atoms with Crippen LogP contribution in [0.25, 0.3) is 0 Å². The second kappa shape index (κ2) is 7.64. The molecular weight excluding hydrogens is 351 g/mol. The van der Waals surface area contributed by atoms with E-state index in [9.17, 15) is 22.8 Å². The summed E-state index contributed by atoms with van der Waals surface area (Å²) in [4.78, 5) is 25.5. The smallest absolute Gasteiger partial charge is 0.445 e. The third-order valence-corrected chi connectivity index (χ3v) is 4.35. The maximum absolute atomic E-state index is 12.6. The number of carboxylic acids is 1. The van der Waals surface area contributed by atoms with Crippen LogP contribution in [0.1, 0.15) is 17.8 Å². The molecule has 0 aliphatic carbocycles. The van der Waals surface area contributed by atoms with E-state index in [0.717, 1.165) is 0 Å². The van der Waals surface area contributed by atoms with Crippen LogP contribution in [0.2, 0.25) is 0 Å². The van der Waals surface area contributed by atoms with E-state index in [-0.39, 0.29) is 24.1 Å². The van der Waals surface area contributed by atoms with Crippen molar-refractivity contribution < 1.29 is 27.9 Å². The van der Waals surface area contributed by atoms with Crippen molar-refractivity contribution >= 4 is 28.5 Å². The van der Waals surface area contributed by atoms with Gasteiger partial charge in [0.15, 0.2) is 0 Å². The topological polar surface area (TPSA) is 98.7 Å². The lowest BCUT2D eigenvalue weighted by atomic mass is 10.4. The fourth-order valence-corrected chi connectivity index (χ4v) is 2.92. The number of carbonyl (C=O) groups is 2. The first-order valence-corrected chi connectivity index (χ1v) is 7.99.